The molecule has 8 heteroatoms. The van der Waals surface area contributed by atoms with Crippen molar-refractivity contribution in [2.24, 2.45) is 0 Å². The zero-order chi connectivity index (χ0) is 23.5. The summed E-state index contributed by atoms with van der Waals surface area (Å²) in [5.41, 5.74) is 1.95. The smallest absolute Gasteiger partial charge is 0.244 e. The summed E-state index contributed by atoms with van der Waals surface area (Å²) >= 11 is 0. The minimum atomic E-state index is -0.286. The molecular weight excluding hydrogens is 431 g/mol. The quantitative estimate of drug-likeness (QED) is 0.569. The van der Waals surface area contributed by atoms with Crippen LogP contribution in [0.1, 0.15) is 49.4 Å². The second kappa shape index (κ2) is 9.91. The van der Waals surface area contributed by atoms with E-state index < -0.39 is 0 Å². The van der Waals surface area contributed by atoms with E-state index in [9.17, 15) is 9.18 Å². The first-order valence-corrected chi connectivity index (χ1v) is 12.2. The molecule has 34 heavy (non-hydrogen) atoms. The number of amides is 1. The van der Waals surface area contributed by atoms with Gasteiger partial charge in [0, 0.05) is 43.9 Å². The molecule has 7 nitrogen and oxygen atoms in total. The van der Waals surface area contributed by atoms with Gasteiger partial charge in [-0.2, -0.15) is 5.10 Å². The lowest BCUT2D eigenvalue weighted by Crippen LogP contribution is -2.50. The van der Waals surface area contributed by atoms with Crippen LogP contribution in [0.5, 0.6) is 0 Å². The Labute approximate surface area is 199 Å². The molecule has 2 aliphatic rings. The molecule has 0 spiro atoms. The molecule has 1 saturated carbocycles. The summed E-state index contributed by atoms with van der Waals surface area (Å²) in [6.45, 7) is 5.08. The van der Waals surface area contributed by atoms with Crippen molar-refractivity contribution >= 4 is 11.7 Å². The number of hydrogen-bond acceptors (Lipinski definition) is 5. The van der Waals surface area contributed by atoms with E-state index in [1.807, 2.05) is 17.2 Å². The van der Waals surface area contributed by atoms with Crippen LogP contribution in [0, 0.1) is 12.7 Å². The largest absolute Gasteiger partial charge is 0.353 e. The SMILES string of the molecule is Cc1ccnc(N2CCN(C(=O)Cn3nc(-c4ccc(F)cc4)nc3C3CCCCC3)CC2)c1. The van der Waals surface area contributed by atoms with E-state index in [-0.39, 0.29) is 18.3 Å². The van der Waals surface area contributed by atoms with Crippen LogP contribution in [0.15, 0.2) is 42.6 Å². The first-order valence-electron chi connectivity index (χ1n) is 12.2. The molecule has 3 aromatic rings. The third-order valence-corrected chi connectivity index (χ3v) is 6.92. The first-order chi connectivity index (χ1) is 16.6. The molecule has 2 aromatic heterocycles. The minimum Gasteiger partial charge on any atom is -0.353 e. The van der Waals surface area contributed by atoms with Crippen LogP contribution in [0.4, 0.5) is 10.2 Å². The number of aromatic nitrogens is 4. The van der Waals surface area contributed by atoms with Crippen molar-refractivity contribution in [1.29, 1.82) is 0 Å². The van der Waals surface area contributed by atoms with Crippen LogP contribution in [-0.4, -0.2) is 56.7 Å². The van der Waals surface area contributed by atoms with Gasteiger partial charge in [-0.1, -0.05) is 19.3 Å². The third kappa shape index (κ3) is 4.95. The number of nitrogens with zero attached hydrogens (tertiary/aromatic N) is 6. The van der Waals surface area contributed by atoms with Gasteiger partial charge in [-0.05, 0) is 61.7 Å². The lowest BCUT2D eigenvalue weighted by molar-refractivity contribution is -0.132. The van der Waals surface area contributed by atoms with Crippen LogP contribution in [0.25, 0.3) is 11.4 Å². The zero-order valence-corrected chi connectivity index (χ0v) is 19.7. The predicted octanol–water partition coefficient (Wildman–Crippen LogP) is 4.18. The molecule has 0 atom stereocenters. The van der Waals surface area contributed by atoms with Gasteiger partial charge >= 0.3 is 0 Å². The summed E-state index contributed by atoms with van der Waals surface area (Å²) < 4.78 is 15.2. The fourth-order valence-electron chi connectivity index (χ4n) is 4.96. The molecule has 1 aromatic carbocycles. The normalized spacial score (nSPS) is 17.2. The monoisotopic (exact) mass is 462 g/mol. The molecule has 0 N–H and O–H groups in total. The molecule has 0 radical (unpaired) electrons. The fraction of sp³-hybridized carbons (Fsp3) is 0.462. The van der Waals surface area contributed by atoms with Crippen LogP contribution in [-0.2, 0) is 11.3 Å². The van der Waals surface area contributed by atoms with Gasteiger partial charge in [-0.3, -0.25) is 4.79 Å². The zero-order valence-electron chi connectivity index (χ0n) is 19.7. The van der Waals surface area contributed by atoms with Crippen LogP contribution >= 0.6 is 0 Å². The molecule has 1 saturated heterocycles. The van der Waals surface area contributed by atoms with Gasteiger partial charge in [-0.25, -0.2) is 19.0 Å². The molecule has 3 heterocycles. The van der Waals surface area contributed by atoms with Crippen LogP contribution < -0.4 is 4.90 Å². The standard InChI is InChI=1S/C26H31FN6O/c1-19-11-12-28-23(17-19)31-13-15-32(16-14-31)24(34)18-33-26(21-5-3-2-4-6-21)29-25(30-33)20-7-9-22(27)10-8-20/h7-12,17,21H,2-6,13-16,18H2,1H3. The van der Waals surface area contributed by atoms with Gasteiger partial charge < -0.3 is 9.80 Å². The summed E-state index contributed by atoms with van der Waals surface area (Å²) in [7, 11) is 0. The van der Waals surface area contributed by atoms with Gasteiger partial charge in [0.25, 0.3) is 0 Å². The number of anilines is 1. The number of hydrogen-bond donors (Lipinski definition) is 0. The second-order valence-electron chi connectivity index (χ2n) is 9.35. The average Bonchev–Trinajstić information content (AvgIpc) is 3.29. The highest BCUT2D eigenvalue weighted by Crippen LogP contribution is 2.33. The maximum atomic E-state index is 13.4. The van der Waals surface area contributed by atoms with Crippen molar-refractivity contribution in [2.45, 2.75) is 51.5 Å². The number of carbonyl (C=O) groups excluding carboxylic acids is 1. The van der Waals surface area contributed by atoms with E-state index in [0.29, 0.717) is 24.8 Å². The summed E-state index contributed by atoms with van der Waals surface area (Å²) in [4.78, 5) is 26.7. The van der Waals surface area contributed by atoms with E-state index in [2.05, 4.69) is 22.9 Å². The molecule has 1 aliphatic heterocycles. The predicted molar refractivity (Wildman–Crippen MR) is 129 cm³/mol. The van der Waals surface area contributed by atoms with Crippen molar-refractivity contribution in [3.8, 4) is 11.4 Å². The molecule has 5 rings (SSSR count). The molecule has 1 aliphatic carbocycles. The fourth-order valence-corrected chi connectivity index (χ4v) is 4.96. The minimum absolute atomic E-state index is 0.0597. The first kappa shape index (κ1) is 22.5. The summed E-state index contributed by atoms with van der Waals surface area (Å²) in [5.74, 6) is 2.49. The van der Waals surface area contributed by atoms with Gasteiger partial charge in [0.2, 0.25) is 5.91 Å². The van der Waals surface area contributed by atoms with Crippen molar-refractivity contribution in [2.75, 3.05) is 31.1 Å². The number of aryl methyl sites for hydroxylation is 1. The molecule has 0 bridgehead atoms. The number of halogens is 1. The lowest BCUT2D eigenvalue weighted by Gasteiger charge is -2.35. The van der Waals surface area contributed by atoms with Crippen LogP contribution in [0.2, 0.25) is 0 Å². The van der Waals surface area contributed by atoms with E-state index >= 15 is 0 Å². The number of rotatable bonds is 5. The van der Waals surface area contributed by atoms with Crippen LogP contribution in [0.3, 0.4) is 0 Å². The van der Waals surface area contributed by atoms with E-state index in [0.717, 1.165) is 43.1 Å². The Morgan fingerprint density at radius 1 is 1.03 bits per heavy atom. The van der Waals surface area contributed by atoms with Crippen molar-refractivity contribution < 1.29 is 9.18 Å². The average molecular weight is 463 g/mol. The summed E-state index contributed by atoms with van der Waals surface area (Å²) in [6, 6.07) is 10.3. The van der Waals surface area contributed by atoms with Gasteiger partial charge in [0.1, 0.15) is 24.0 Å². The Bertz CT molecular complexity index is 1130. The maximum Gasteiger partial charge on any atom is 0.244 e. The topological polar surface area (TPSA) is 67.2 Å². The number of carbonyl (C=O) groups is 1. The molecule has 2 fully saturated rings. The number of benzene rings is 1. The number of piperazine rings is 1. The van der Waals surface area contributed by atoms with Crippen molar-refractivity contribution in [3.63, 3.8) is 0 Å². The maximum absolute atomic E-state index is 13.4. The van der Waals surface area contributed by atoms with Gasteiger partial charge in [0.15, 0.2) is 5.82 Å². The van der Waals surface area contributed by atoms with E-state index in [4.69, 9.17) is 10.1 Å². The Balaban J connectivity index is 1.30. The van der Waals surface area contributed by atoms with Crippen molar-refractivity contribution in [3.05, 3.63) is 59.8 Å². The molecular formula is C26H31FN6O. The third-order valence-electron chi connectivity index (χ3n) is 6.92. The Hall–Kier alpha value is -3.29. The second-order valence-corrected chi connectivity index (χ2v) is 9.35. The molecule has 178 valence electrons. The number of pyridine rings is 1. The molecule has 1 amide bonds. The summed E-state index contributed by atoms with van der Waals surface area (Å²) in [6.07, 6.45) is 7.56. The lowest BCUT2D eigenvalue weighted by atomic mass is 9.88. The Morgan fingerprint density at radius 2 is 1.76 bits per heavy atom. The Kier molecular flexibility index (Phi) is 6.56. The van der Waals surface area contributed by atoms with E-state index in [1.165, 1.54) is 37.0 Å². The van der Waals surface area contributed by atoms with Gasteiger partial charge in [-0.15, -0.1) is 0 Å². The highest BCUT2D eigenvalue weighted by molar-refractivity contribution is 5.76. The van der Waals surface area contributed by atoms with Gasteiger partial charge in [0.05, 0.1) is 0 Å². The van der Waals surface area contributed by atoms with E-state index in [1.54, 1.807) is 16.8 Å². The Morgan fingerprint density at radius 3 is 2.47 bits per heavy atom. The van der Waals surface area contributed by atoms with Crippen molar-refractivity contribution in [1.82, 2.24) is 24.6 Å². The molecule has 0 unspecified atom stereocenters. The summed E-state index contributed by atoms with van der Waals surface area (Å²) in [5, 5.41) is 4.71. The highest BCUT2D eigenvalue weighted by atomic mass is 19.1. The highest BCUT2D eigenvalue weighted by Gasteiger charge is 2.27.